The average molecular weight is 290 g/mol. The Kier molecular flexibility index (Phi) is 6.50. The molecule has 0 aliphatic heterocycles. The summed E-state index contributed by atoms with van der Waals surface area (Å²) in [6.07, 6.45) is 0.766. The van der Waals surface area contributed by atoms with Crippen molar-refractivity contribution in [2.75, 3.05) is 33.9 Å². The van der Waals surface area contributed by atoms with Crippen LogP contribution in [0.25, 0.3) is 0 Å². The predicted octanol–water partition coefficient (Wildman–Crippen LogP) is 1.05. The minimum atomic E-state index is -3.50. The van der Waals surface area contributed by atoms with Crippen LogP contribution in [0.1, 0.15) is 19.1 Å². The molecule has 0 saturated heterocycles. The van der Waals surface area contributed by atoms with Crippen LogP contribution >= 0.6 is 0 Å². The van der Waals surface area contributed by atoms with Crippen LogP contribution < -0.4 is 5.32 Å². The van der Waals surface area contributed by atoms with E-state index in [-0.39, 0.29) is 5.09 Å². The summed E-state index contributed by atoms with van der Waals surface area (Å²) in [6.45, 7) is 4.18. The second kappa shape index (κ2) is 7.64. The summed E-state index contributed by atoms with van der Waals surface area (Å²) in [6, 6.07) is 3.17. The summed E-state index contributed by atoms with van der Waals surface area (Å²) >= 11 is 0. The summed E-state index contributed by atoms with van der Waals surface area (Å²) < 4.78 is 35.8. The molecule has 0 radical (unpaired) electrons. The lowest BCUT2D eigenvalue weighted by atomic mass is 10.4. The first kappa shape index (κ1) is 16.2. The molecule has 0 unspecified atom stereocenters. The fraction of sp³-hybridized carbons (Fsp3) is 0.667. The molecule has 0 aliphatic rings. The number of ether oxygens (including phenoxy) is 1. The van der Waals surface area contributed by atoms with Crippen molar-refractivity contribution in [2.45, 2.75) is 25.0 Å². The van der Waals surface area contributed by atoms with Gasteiger partial charge >= 0.3 is 0 Å². The van der Waals surface area contributed by atoms with E-state index in [0.717, 1.165) is 6.42 Å². The number of hydrogen-bond donors (Lipinski definition) is 1. The first-order chi connectivity index (χ1) is 9.02. The summed E-state index contributed by atoms with van der Waals surface area (Å²) in [5, 5.41) is 3.09. The highest BCUT2D eigenvalue weighted by molar-refractivity contribution is 7.89. The Bertz CT molecular complexity index is 470. The molecular formula is C12H22N2O4S. The van der Waals surface area contributed by atoms with E-state index in [1.807, 2.05) is 6.92 Å². The molecule has 1 aromatic heterocycles. The van der Waals surface area contributed by atoms with Gasteiger partial charge in [-0.3, -0.25) is 0 Å². The van der Waals surface area contributed by atoms with Gasteiger partial charge in [0.2, 0.25) is 5.09 Å². The minimum absolute atomic E-state index is 0.00742. The van der Waals surface area contributed by atoms with Crippen LogP contribution in [0.2, 0.25) is 0 Å². The molecular weight excluding hydrogens is 268 g/mol. The van der Waals surface area contributed by atoms with Crippen molar-refractivity contribution in [1.29, 1.82) is 0 Å². The van der Waals surface area contributed by atoms with Gasteiger partial charge in [-0.05, 0) is 18.6 Å². The van der Waals surface area contributed by atoms with Crippen molar-refractivity contribution in [3.8, 4) is 0 Å². The molecule has 1 N–H and O–H groups in total. The molecule has 7 heteroatoms. The van der Waals surface area contributed by atoms with Crippen molar-refractivity contribution < 1.29 is 17.6 Å². The van der Waals surface area contributed by atoms with Crippen molar-refractivity contribution in [3.63, 3.8) is 0 Å². The number of sulfonamides is 1. The molecule has 0 aromatic carbocycles. The third kappa shape index (κ3) is 4.61. The molecule has 1 heterocycles. The Labute approximate surface area is 114 Å². The van der Waals surface area contributed by atoms with E-state index in [9.17, 15) is 8.42 Å². The lowest BCUT2D eigenvalue weighted by Crippen LogP contribution is -2.27. The maximum atomic E-state index is 12.1. The van der Waals surface area contributed by atoms with E-state index >= 15 is 0 Å². The van der Waals surface area contributed by atoms with Crippen molar-refractivity contribution >= 4 is 10.0 Å². The molecule has 1 aromatic rings. The Hall–Kier alpha value is -0.890. The SMILES string of the molecule is CCCN(C)S(=O)(=O)c1ccc(CNCCOC)o1. The third-order valence-corrected chi connectivity index (χ3v) is 4.35. The molecule has 0 bridgehead atoms. The van der Waals surface area contributed by atoms with Gasteiger partial charge in [0.25, 0.3) is 10.0 Å². The fourth-order valence-electron chi connectivity index (χ4n) is 1.57. The topological polar surface area (TPSA) is 71.8 Å². The third-order valence-electron chi connectivity index (χ3n) is 2.62. The molecule has 0 amide bonds. The van der Waals surface area contributed by atoms with Crippen LogP contribution in [-0.4, -0.2) is 46.6 Å². The van der Waals surface area contributed by atoms with Gasteiger partial charge in [0.05, 0.1) is 13.2 Å². The molecule has 19 heavy (non-hydrogen) atoms. The van der Waals surface area contributed by atoms with E-state index in [0.29, 0.717) is 32.0 Å². The van der Waals surface area contributed by atoms with Crippen molar-refractivity contribution in [1.82, 2.24) is 9.62 Å². The highest BCUT2D eigenvalue weighted by Gasteiger charge is 2.23. The molecule has 0 spiro atoms. The van der Waals surface area contributed by atoms with Crippen LogP contribution in [0, 0.1) is 0 Å². The maximum absolute atomic E-state index is 12.1. The second-order valence-corrected chi connectivity index (χ2v) is 6.19. The smallest absolute Gasteiger partial charge is 0.276 e. The highest BCUT2D eigenvalue weighted by Crippen LogP contribution is 2.17. The van der Waals surface area contributed by atoms with E-state index in [1.165, 1.54) is 10.4 Å². The number of methoxy groups -OCH3 is 1. The first-order valence-corrected chi connectivity index (χ1v) is 7.71. The standard InChI is InChI=1S/C12H22N2O4S/c1-4-8-14(2)19(15,16)12-6-5-11(18-12)10-13-7-9-17-3/h5-6,13H,4,7-10H2,1-3H3. The molecule has 0 fully saturated rings. The highest BCUT2D eigenvalue weighted by atomic mass is 32.2. The number of rotatable bonds is 9. The van der Waals surface area contributed by atoms with Gasteiger partial charge in [0.15, 0.2) is 0 Å². The summed E-state index contributed by atoms with van der Waals surface area (Å²) in [5.41, 5.74) is 0. The van der Waals surface area contributed by atoms with Gasteiger partial charge in [0.1, 0.15) is 5.76 Å². The molecule has 0 saturated carbocycles. The maximum Gasteiger partial charge on any atom is 0.276 e. The quantitative estimate of drug-likeness (QED) is 0.688. The van der Waals surface area contributed by atoms with Gasteiger partial charge < -0.3 is 14.5 Å². The predicted molar refractivity (Wildman–Crippen MR) is 72.4 cm³/mol. The van der Waals surface area contributed by atoms with Crippen LogP contribution in [0.15, 0.2) is 21.6 Å². The molecule has 0 aliphatic carbocycles. The van der Waals surface area contributed by atoms with E-state index in [4.69, 9.17) is 9.15 Å². The number of nitrogens with one attached hydrogen (secondary N) is 1. The van der Waals surface area contributed by atoms with Gasteiger partial charge in [-0.2, -0.15) is 4.31 Å². The Balaban J connectivity index is 2.63. The monoisotopic (exact) mass is 290 g/mol. The van der Waals surface area contributed by atoms with Crippen LogP contribution in [-0.2, 0) is 21.3 Å². The molecule has 0 atom stereocenters. The minimum Gasteiger partial charge on any atom is -0.447 e. The van der Waals surface area contributed by atoms with Crippen LogP contribution in [0.5, 0.6) is 0 Å². The average Bonchev–Trinajstić information content (AvgIpc) is 2.84. The van der Waals surface area contributed by atoms with Crippen molar-refractivity contribution in [2.24, 2.45) is 0 Å². The Morgan fingerprint density at radius 1 is 1.42 bits per heavy atom. The molecule has 110 valence electrons. The zero-order valence-corrected chi connectivity index (χ0v) is 12.5. The molecule has 6 nitrogen and oxygen atoms in total. The van der Waals surface area contributed by atoms with Gasteiger partial charge in [-0.25, -0.2) is 8.42 Å². The normalized spacial score (nSPS) is 12.2. The van der Waals surface area contributed by atoms with Crippen molar-refractivity contribution in [3.05, 3.63) is 17.9 Å². The van der Waals surface area contributed by atoms with Gasteiger partial charge in [0, 0.05) is 27.2 Å². The second-order valence-electron chi connectivity index (χ2n) is 4.22. The van der Waals surface area contributed by atoms with Crippen LogP contribution in [0.3, 0.4) is 0 Å². The fourth-order valence-corrected chi connectivity index (χ4v) is 2.75. The Morgan fingerprint density at radius 2 is 2.16 bits per heavy atom. The molecule has 1 rings (SSSR count). The van der Waals surface area contributed by atoms with E-state index in [1.54, 1.807) is 20.2 Å². The first-order valence-electron chi connectivity index (χ1n) is 6.27. The van der Waals surface area contributed by atoms with E-state index < -0.39 is 10.0 Å². The summed E-state index contributed by atoms with van der Waals surface area (Å²) in [4.78, 5) is 0. The van der Waals surface area contributed by atoms with Gasteiger partial charge in [-0.1, -0.05) is 6.92 Å². The lowest BCUT2D eigenvalue weighted by molar-refractivity contribution is 0.198. The number of nitrogens with zero attached hydrogens (tertiary/aromatic N) is 1. The summed E-state index contributed by atoms with van der Waals surface area (Å²) in [7, 11) is -0.320. The largest absolute Gasteiger partial charge is 0.447 e. The zero-order valence-electron chi connectivity index (χ0n) is 11.7. The van der Waals surface area contributed by atoms with Gasteiger partial charge in [-0.15, -0.1) is 0 Å². The zero-order chi connectivity index (χ0) is 14.3. The number of furan rings is 1. The number of hydrogen-bond acceptors (Lipinski definition) is 5. The lowest BCUT2D eigenvalue weighted by Gasteiger charge is -2.13. The van der Waals surface area contributed by atoms with Crippen LogP contribution in [0.4, 0.5) is 0 Å². The summed E-state index contributed by atoms with van der Waals surface area (Å²) in [5.74, 6) is 0.597. The Morgan fingerprint density at radius 3 is 2.79 bits per heavy atom. The van der Waals surface area contributed by atoms with E-state index in [2.05, 4.69) is 5.32 Å².